The van der Waals surface area contributed by atoms with Crippen molar-refractivity contribution < 1.29 is 37.4 Å². The van der Waals surface area contributed by atoms with E-state index in [1.807, 2.05) is 48.5 Å². The highest BCUT2D eigenvalue weighted by molar-refractivity contribution is 7.99. The number of hydrogen-bond donors (Lipinski definition) is 0. The van der Waals surface area contributed by atoms with Crippen LogP contribution < -0.4 is 18.9 Å². The maximum absolute atomic E-state index is 12.7. The minimum absolute atomic E-state index is 0.429. The number of rotatable bonds is 35. The monoisotopic (exact) mass is 990 g/mol. The summed E-state index contributed by atoms with van der Waals surface area (Å²) in [6, 6.07) is 28.3. The van der Waals surface area contributed by atoms with Gasteiger partial charge < -0.3 is 27.8 Å². The van der Waals surface area contributed by atoms with Crippen molar-refractivity contribution in [2.45, 2.75) is 153 Å². The normalized spacial score (nSPS) is 11.2. The molecule has 0 N–H and O–H groups in total. The van der Waals surface area contributed by atoms with Crippen LogP contribution in [0.2, 0.25) is 0 Å². The van der Waals surface area contributed by atoms with E-state index in [9.17, 15) is 9.59 Å². The SMILES string of the molecule is CCCCCCCCOc1ccc(C(=O)Oc2ccc(-c3nnc(SCCCCCCCCCCSc4nnc(-c5ccc(OC(=O)c6ccc(OCCCCCCCC)cc6)cc5)o4)o3)cc2)cc1. The van der Waals surface area contributed by atoms with E-state index in [1.54, 1.807) is 72.1 Å². The minimum atomic E-state index is -0.429. The average molecular weight is 991 g/mol. The molecule has 6 rings (SSSR count). The summed E-state index contributed by atoms with van der Waals surface area (Å²) >= 11 is 3.16. The molecular weight excluding hydrogens is 921 g/mol. The fraction of sp³-hybridized carbons (Fsp3) is 0.464. The Morgan fingerprint density at radius 2 is 0.729 bits per heavy atom. The summed E-state index contributed by atoms with van der Waals surface area (Å²) in [4.78, 5) is 25.5. The van der Waals surface area contributed by atoms with E-state index >= 15 is 0 Å². The molecule has 4 aromatic carbocycles. The third-order valence-corrected chi connectivity index (χ3v) is 13.4. The Balaban J connectivity index is 0.759. The van der Waals surface area contributed by atoms with Crippen molar-refractivity contribution in [2.24, 2.45) is 0 Å². The predicted octanol–water partition coefficient (Wildman–Crippen LogP) is 15.7. The molecule has 0 aliphatic carbocycles. The van der Waals surface area contributed by atoms with Crippen LogP contribution in [0.5, 0.6) is 23.0 Å². The number of nitrogens with zero attached hydrogens (tertiary/aromatic N) is 4. The number of carbonyl (C=O) groups excluding carboxylic acids is 2. The van der Waals surface area contributed by atoms with E-state index in [0.29, 0.717) is 58.1 Å². The van der Waals surface area contributed by atoms with Gasteiger partial charge in [-0.15, -0.1) is 20.4 Å². The maximum atomic E-state index is 12.7. The fourth-order valence-corrected chi connectivity index (χ4v) is 9.05. The van der Waals surface area contributed by atoms with E-state index < -0.39 is 11.9 Å². The molecule has 6 aromatic rings. The molecule has 0 unspecified atom stereocenters. The van der Waals surface area contributed by atoms with Crippen LogP contribution in [0.1, 0.15) is 163 Å². The van der Waals surface area contributed by atoms with Crippen LogP contribution in [0, 0.1) is 0 Å². The molecule has 2 aromatic heterocycles. The highest BCUT2D eigenvalue weighted by atomic mass is 32.2. The van der Waals surface area contributed by atoms with Gasteiger partial charge >= 0.3 is 11.9 Å². The van der Waals surface area contributed by atoms with Crippen molar-refractivity contribution in [1.29, 1.82) is 0 Å². The fourth-order valence-electron chi connectivity index (χ4n) is 7.54. The van der Waals surface area contributed by atoms with Crippen molar-refractivity contribution in [3.63, 3.8) is 0 Å². The number of hydrogen-bond acceptors (Lipinski definition) is 14. The van der Waals surface area contributed by atoms with Crippen molar-refractivity contribution in [3.8, 4) is 45.9 Å². The van der Waals surface area contributed by atoms with Crippen molar-refractivity contribution in [1.82, 2.24) is 20.4 Å². The molecule has 0 saturated carbocycles. The Morgan fingerprint density at radius 3 is 1.10 bits per heavy atom. The van der Waals surface area contributed by atoms with Crippen molar-refractivity contribution in [2.75, 3.05) is 24.7 Å². The minimum Gasteiger partial charge on any atom is -0.494 e. The van der Waals surface area contributed by atoms with Gasteiger partial charge in [0.1, 0.15) is 23.0 Å². The first kappa shape index (κ1) is 53.7. The van der Waals surface area contributed by atoms with E-state index in [2.05, 4.69) is 34.2 Å². The lowest BCUT2D eigenvalue weighted by atomic mass is 10.1. The molecule has 0 fully saturated rings. The zero-order valence-corrected chi connectivity index (χ0v) is 42.7. The highest BCUT2D eigenvalue weighted by Crippen LogP contribution is 2.28. The Morgan fingerprint density at radius 1 is 0.400 bits per heavy atom. The Hall–Kier alpha value is -5.60. The number of thioether (sulfide) groups is 2. The van der Waals surface area contributed by atoms with E-state index in [0.717, 1.165) is 59.8 Å². The summed E-state index contributed by atoms with van der Waals surface area (Å²) < 4.78 is 34.7. The molecule has 0 amide bonds. The summed E-state index contributed by atoms with van der Waals surface area (Å²) in [6.07, 6.45) is 23.9. The topological polar surface area (TPSA) is 149 Å². The summed E-state index contributed by atoms with van der Waals surface area (Å²) in [5.41, 5.74) is 2.44. The maximum Gasteiger partial charge on any atom is 0.343 e. The second kappa shape index (κ2) is 31.6. The number of aromatic nitrogens is 4. The van der Waals surface area contributed by atoms with Gasteiger partial charge in [-0.2, -0.15) is 0 Å². The molecule has 12 nitrogen and oxygen atoms in total. The van der Waals surface area contributed by atoms with Crippen LogP contribution in [0.4, 0.5) is 0 Å². The number of unbranched alkanes of at least 4 members (excludes halogenated alkanes) is 17. The van der Waals surface area contributed by atoms with Gasteiger partial charge in [0, 0.05) is 22.6 Å². The van der Waals surface area contributed by atoms with E-state index in [4.69, 9.17) is 27.8 Å². The summed E-state index contributed by atoms with van der Waals surface area (Å²) in [5, 5.41) is 18.0. The third-order valence-electron chi connectivity index (χ3n) is 11.6. The largest absolute Gasteiger partial charge is 0.494 e. The van der Waals surface area contributed by atoms with Gasteiger partial charge in [-0.25, -0.2) is 9.59 Å². The summed E-state index contributed by atoms with van der Waals surface area (Å²) in [7, 11) is 0. The Kier molecular flexibility index (Phi) is 24.3. The molecule has 2 heterocycles. The molecule has 374 valence electrons. The van der Waals surface area contributed by atoms with Gasteiger partial charge in [0.05, 0.1) is 24.3 Å². The van der Waals surface area contributed by atoms with Gasteiger partial charge in [-0.05, 0) is 123 Å². The van der Waals surface area contributed by atoms with Crippen LogP contribution in [-0.2, 0) is 0 Å². The molecule has 0 radical (unpaired) electrons. The van der Waals surface area contributed by atoms with E-state index in [-0.39, 0.29) is 0 Å². The lowest BCUT2D eigenvalue weighted by Crippen LogP contribution is -2.08. The molecule has 0 atom stereocenters. The molecule has 0 saturated heterocycles. The molecule has 0 aliphatic heterocycles. The zero-order chi connectivity index (χ0) is 48.9. The number of esters is 2. The van der Waals surface area contributed by atoms with Crippen LogP contribution in [0.3, 0.4) is 0 Å². The third kappa shape index (κ3) is 19.7. The molecular formula is C56H70N4O8S2. The van der Waals surface area contributed by atoms with Gasteiger partial charge in [0.2, 0.25) is 11.8 Å². The summed E-state index contributed by atoms with van der Waals surface area (Å²) in [5.74, 6) is 4.23. The average Bonchev–Trinajstić information content (AvgIpc) is 4.07. The molecule has 0 spiro atoms. The zero-order valence-electron chi connectivity index (χ0n) is 41.1. The highest BCUT2D eigenvalue weighted by Gasteiger charge is 2.14. The molecule has 70 heavy (non-hydrogen) atoms. The Labute approximate surface area is 422 Å². The van der Waals surface area contributed by atoms with Crippen LogP contribution in [0.15, 0.2) is 116 Å². The smallest absolute Gasteiger partial charge is 0.343 e. The lowest BCUT2D eigenvalue weighted by molar-refractivity contribution is 0.0725. The standard InChI is InChI=1S/C56H70N4O8S2/c1-3-5-7-9-15-19-39-63-47-31-27-45(28-32-47)53(61)65-49-35-23-43(24-36-49)51-57-59-55(67-51)69-41-21-17-13-11-12-14-18-22-42-70-56-60-58-52(68-56)44-25-37-50(38-26-44)66-54(62)46-29-33-48(34-30-46)64-40-20-16-10-8-6-4-2/h23-38H,3-22,39-42H2,1-2H3. The van der Waals surface area contributed by atoms with Gasteiger partial charge in [-0.1, -0.05) is 140 Å². The number of ether oxygens (including phenoxy) is 4. The van der Waals surface area contributed by atoms with Gasteiger partial charge in [-0.3, -0.25) is 0 Å². The summed E-state index contributed by atoms with van der Waals surface area (Å²) in [6.45, 7) is 5.80. The second-order valence-corrected chi connectivity index (χ2v) is 19.5. The van der Waals surface area contributed by atoms with Crippen molar-refractivity contribution >= 4 is 35.5 Å². The van der Waals surface area contributed by atoms with Crippen molar-refractivity contribution in [3.05, 3.63) is 108 Å². The number of carbonyl (C=O) groups is 2. The van der Waals surface area contributed by atoms with Crippen LogP contribution in [-0.4, -0.2) is 57.1 Å². The first-order valence-electron chi connectivity index (χ1n) is 25.5. The lowest BCUT2D eigenvalue weighted by Gasteiger charge is -2.08. The van der Waals surface area contributed by atoms with Gasteiger partial charge in [0.15, 0.2) is 0 Å². The molecule has 0 bridgehead atoms. The van der Waals surface area contributed by atoms with E-state index in [1.165, 1.54) is 103 Å². The quantitative estimate of drug-likeness (QED) is 0.0161. The second-order valence-electron chi connectivity index (χ2n) is 17.4. The van der Waals surface area contributed by atoms with Crippen LogP contribution >= 0.6 is 23.5 Å². The first-order valence-corrected chi connectivity index (χ1v) is 27.5. The molecule has 14 heteroatoms. The first-order chi connectivity index (χ1) is 34.5. The predicted molar refractivity (Wildman–Crippen MR) is 278 cm³/mol. The Bertz CT molecular complexity index is 2200. The number of benzene rings is 4. The molecule has 0 aliphatic rings. The van der Waals surface area contributed by atoms with Gasteiger partial charge in [0.25, 0.3) is 10.4 Å². The van der Waals surface area contributed by atoms with Crippen LogP contribution in [0.25, 0.3) is 22.9 Å².